The van der Waals surface area contributed by atoms with E-state index in [0.29, 0.717) is 6.61 Å². The van der Waals surface area contributed by atoms with Crippen LogP contribution in [-0.2, 0) is 28.0 Å². The molecule has 2 fully saturated rings. The second kappa shape index (κ2) is 5.11. The molecule has 2 saturated heterocycles. The molecule has 1 aromatic rings. The van der Waals surface area contributed by atoms with E-state index in [2.05, 4.69) is 23.5 Å². The van der Waals surface area contributed by atoms with Crippen molar-refractivity contribution in [2.45, 2.75) is 37.8 Å². The second-order valence-electron chi connectivity index (χ2n) is 6.37. The number of ether oxygens (including phenoxy) is 1. The highest BCUT2D eigenvalue weighted by Gasteiger charge is 2.46. The van der Waals surface area contributed by atoms with Crippen molar-refractivity contribution in [3.8, 4) is 0 Å². The molecule has 4 nitrogen and oxygen atoms in total. The van der Waals surface area contributed by atoms with Crippen molar-refractivity contribution in [1.29, 1.82) is 0 Å². The number of carbonyl (C=O) groups is 1. The molecule has 1 unspecified atom stereocenters. The highest BCUT2D eigenvalue weighted by Crippen LogP contribution is 2.34. The fraction of sp³-hybridized carbons (Fsp3) is 0.588. The lowest BCUT2D eigenvalue weighted by Gasteiger charge is -2.50. The summed E-state index contributed by atoms with van der Waals surface area (Å²) >= 11 is 0. The summed E-state index contributed by atoms with van der Waals surface area (Å²) in [6.45, 7) is 2.53. The Kier molecular flexibility index (Phi) is 3.23. The zero-order valence-electron chi connectivity index (χ0n) is 12.4. The summed E-state index contributed by atoms with van der Waals surface area (Å²) in [5.74, 6) is 0.103. The van der Waals surface area contributed by atoms with E-state index in [-0.39, 0.29) is 12.5 Å². The lowest BCUT2D eigenvalue weighted by Crippen LogP contribution is -2.67. The normalized spacial score (nSPS) is 29.0. The van der Waals surface area contributed by atoms with Gasteiger partial charge in [0.25, 0.3) is 0 Å². The second-order valence-corrected chi connectivity index (χ2v) is 6.37. The molecule has 21 heavy (non-hydrogen) atoms. The smallest absolute Gasteiger partial charge is 0.250 e. The van der Waals surface area contributed by atoms with Gasteiger partial charge >= 0.3 is 0 Å². The lowest BCUT2D eigenvalue weighted by molar-refractivity contribution is -0.167. The third-order valence-corrected chi connectivity index (χ3v) is 5.10. The van der Waals surface area contributed by atoms with Crippen LogP contribution in [0, 0.1) is 0 Å². The Morgan fingerprint density at radius 1 is 1.14 bits per heavy atom. The predicted molar refractivity (Wildman–Crippen MR) is 79.9 cm³/mol. The molecule has 3 aliphatic rings. The number of nitrogens with one attached hydrogen (secondary N) is 1. The Hall–Kier alpha value is -1.39. The third kappa shape index (κ3) is 2.09. The maximum Gasteiger partial charge on any atom is 0.250 e. The number of aryl methyl sites for hydroxylation is 2. The molecule has 1 atom stereocenters. The Balaban J connectivity index is 1.77. The Bertz CT molecular complexity index is 568. The van der Waals surface area contributed by atoms with Gasteiger partial charge in [-0.2, -0.15) is 0 Å². The van der Waals surface area contributed by atoms with E-state index < -0.39 is 5.66 Å². The lowest BCUT2D eigenvalue weighted by atomic mass is 9.86. The summed E-state index contributed by atoms with van der Waals surface area (Å²) in [4.78, 5) is 14.2. The summed E-state index contributed by atoms with van der Waals surface area (Å²) in [6, 6.07) is 6.76. The molecule has 112 valence electrons. The van der Waals surface area contributed by atoms with Crippen molar-refractivity contribution in [1.82, 2.24) is 10.2 Å². The summed E-state index contributed by atoms with van der Waals surface area (Å²) in [7, 11) is 0. The van der Waals surface area contributed by atoms with Crippen LogP contribution in [0.25, 0.3) is 0 Å². The van der Waals surface area contributed by atoms with E-state index in [9.17, 15) is 4.79 Å². The average Bonchev–Trinajstić information content (AvgIpc) is 2.55. The van der Waals surface area contributed by atoms with Crippen LogP contribution in [-0.4, -0.2) is 37.1 Å². The van der Waals surface area contributed by atoms with Gasteiger partial charge in [-0.05, 0) is 55.3 Å². The minimum absolute atomic E-state index is 0.103. The van der Waals surface area contributed by atoms with Gasteiger partial charge in [0.1, 0.15) is 12.3 Å². The van der Waals surface area contributed by atoms with Crippen molar-refractivity contribution in [2.75, 3.05) is 26.3 Å². The molecule has 1 amide bonds. The Labute approximate surface area is 125 Å². The zero-order valence-corrected chi connectivity index (χ0v) is 12.4. The number of carbonyl (C=O) groups excluding carboxylic acids is 1. The third-order valence-electron chi connectivity index (χ3n) is 5.10. The molecule has 0 spiro atoms. The first-order valence-corrected chi connectivity index (χ1v) is 8.05. The molecular weight excluding hydrogens is 264 g/mol. The van der Waals surface area contributed by atoms with Crippen molar-refractivity contribution in [3.63, 3.8) is 0 Å². The molecule has 2 aliphatic heterocycles. The Morgan fingerprint density at radius 3 is 2.90 bits per heavy atom. The first kappa shape index (κ1) is 13.3. The van der Waals surface area contributed by atoms with Crippen molar-refractivity contribution in [2.24, 2.45) is 0 Å². The zero-order chi connectivity index (χ0) is 14.3. The fourth-order valence-electron chi connectivity index (χ4n) is 3.98. The van der Waals surface area contributed by atoms with Crippen LogP contribution in [0.1, 0.15) is 36.0 Å². The number of hydrogen-bond donors (Lipinski definition) is 1. The van der Waals surface area contributed by atoms with Crippen LogP contribution in [0.15, 0.2) is 18.2 Å². The van der Waals surface area contributed by atoms with Gasteiger partial charge in [0, 0.05) is 6.54 Å². The van der Waals surface area contributed by atoms with Crippen LogP contribution in [0.4, 0.5) is 0 Å². The van der Waals surface area contributed by atoms with E-state index in [0.717, 1.165) is 25.9 Å². The molecule has 4 rings (SSSR count). The molecule has 0 aromatic heterocycles. The monoisotopic (exact) mass is 286 g/mol. The highest BCUT2D eigenvalue weighted by atomic mass is 16.5. The van der Waals surface area contributed by atoms with Crippen molar-refractivity contribution in [3.05, 3.63) is 34.9 Å². The maximum atomic E-state index is 12.3. The van der Waals surface area contributed by atoms with Crippen LogP contribution < -0.4 is 5.32 Å². The quantitative estimate of drug-likeness (QED) is 0.852. The van der Waals surface area contributed by atoms with Crippen LogP contribution in [0.2, 0.25) is 0 Å². The molecule has 1 N–H and O–H groups in total. The average molecular weight is 286 g/mol. The predicted octanol–water partition coefficient (Wildman–Crippen LogP) is 1.57. The van der Waals surface area contributed by atoms with Gasteiger partial charge in [-0.15, -0.1) is 0 Å². The number of fused-ring (bicyclic) bond motifs is 2. The molecule has 4 heteroatoms. The molecule has 1 aliphatic carbocycles. The molecule has 1 aromatic carbocycles. The van der Waals surface area contributed by atoms with E-state index in [1.54, 1.807) is 0 Å². The first-order valence-electron chi connectivity index (χ1n) is 8.05. The van der Waals surface area contributed by atoms with Gasteiger partial charge in [-0.25, -0.2) is 0 Å². The van der Waals surface area contributed by atoms with E-state index in [4.69, 9.17) is 4.74 Å². The summed E-state index contributed by atoms with van der Waals surface area (Å²) in [5.41, 5.74) is 3.68. The topological polar surface area (TPSA) is 41.6 Å². The standard InChI is InChI=1S/C17H22N2O2/c20-16-11-21-12-17(18-8-3-9-19(16)17)15-7-6-13-4-1-2-5-14(13)10-15/h6-7,10,18H,1-5,8-9,11-12H2. The van der Waals surface area contributed by atoms with Gasteiger partial charge < -0.3 is 9.64 Å². The molecular formula is C17H22N2O2. The van der Waals surface area contributed by atoms with Crippen LogP contribution in [0.3, 0.4) is 0 Å². The van der Waals surface area contributed by atoms with Crippen molar-refractivity contribution < 1.29 is 9.53 Å². The van der Waals surface area contributed by atoms with Crippen LogP contribution >= 0.6 is 0 Å². The molecule has 0 bridgehead atoms. The summed E-state index contributed by atoms with van der Waals surface area (Å²) in [5, 5.41) is 3.57. The number of hydrogen-bond acceptors (Lipinski definition) is 3. The minimum Gasteiger partial charge on any atom is -0.367 e. The van der Waals surface area contributed by atoms with Crippen LogP contribution in [0.5, 0.6) is 0 Å². The van der Waals surface area contributed by atoms with E-state index in [1.807, 2.05) is 4.90 Å². The maximum absolute atomic E-state index is 12.3. The molecule has 0 radical (unpaired) electrons. The number of morpholine rings is 1. The number of amides is 1. The highest BCUT2D eigenvalue weighted by molar-refractivity contribution is 5.79. The molecule has 0 saturated carbocycles. The minimum atomic E-state index is -0.444. The van der Waals surface area contributed by atoms with Gasteiger partial charge in [0.15, 0.2) is 0 Å². The SMILES string of the molecule is O=C1COCC2(c3ccc4c(c3)CCCC4)NCCCN12. The molecule has 2 heterocycles. The Morgan fingerprint density at radius 2 is 2.00 bits per heavy atom. The van der Waals surface area contributed by atoms with E-state index in [1.165, 1.54) is 36.0 Å². The van der Waals surface area contributed by atoms with Gasteiger partial charge in [0.05, 0.1) is 6.61 Å². The van der Waals surface area contributed by atoms with Crippen molar-refractivity contribution >= 4 is 5.91 Å². The first-order chi connectivity index (χ1) is 10.3. The number of rotatable bonds is 1. The largest absolute Gasteiger partial charge is 0.367 e. The summed E-state index contributed by atoms with van der Waals surface area (Å²) in [6.07, 6.45) is 5.93. The fourth-order valence-corrected chi connectivity index (χ4v) is 3.98. The number of nitrogens with zero attached hydrogens (tertiary/aromatic N) is 1. The summed E-state index contributed by atoms with van der Waals surface area (Å²) < 4.78 is 5.60. The van der Waals surface area contributed by atoms with E-state index >= 15 is 0 Å². The van der Waals surface area contributed by atoms with Gasteiger partial charge in [0.2, 0.25) is 5.91 Å². The van der Waals surface area contributed by atoms with Gasteiger partial charge in [-0.1, -0.05) is 18.2 Å². The number of benzene rings is 1. The van der Waals surface area contributed by atoms with Gasteiger partial charge in [-0.3, -0.25) is 10.1 Å².